The Labute approximate surface area is 231 Å². The highest BCUT2D eigenvalue weighted by Gasteiger charge is 2.33. The van der Waals surface area contributed by atoms with Crippen molar-refractivity contribution in [3.63, 3.8) is 0 Å². The highest BCUT2D eigenvalue weighted by molar-refractivity contribution is 5.79. The van der Waals surface area contributed by atoms with Crippen LogP contribution in [-0.4, -0.2) is 73.8 Å². The van der Waals surface area contributed by atoms with Crippen LogP contribution in [0.1, 0.15) is 57.4 Å². The fourth-order valence-electron chi connectivity index (χ4n) is 6.23. The van der Waals surface area contributed by atoms with Crippen molar-refractivity contribution in [2.24, 2.45) is 5.92 Å². The molecule has 2 saturated carbocycles. The Morgan fingerprint density at radius 1 is 1.00 bits per heavy atom. The fraction of sp³-hybridized carbons (Fsp3) is 0.571. The van der Waals surface area contributed by atoms with Gasteiger partial charge in [-0.1, -0.05) is 0 Å². The van der Waals surface area contributed by atoms with Crippen molar-refractivity contribution < 1.29 is 18.7 Å². The first-order chi connectivity index (χ1) is 19.4. The number of fused-ring (bicyclic) bond motifs is 1. The van der Waals surface area contributed by atoms with Gasteiger partial charge in [-0.3, -0.25) is 9.36 Å². The van der Waals surface area contributed by atoms with Crippen LogP contribution < -0.4 is 16.0 Å². The molecule has 12 heteroatoms. The largest absolute Gasteiger partial charge is 0.393 e. The summed E-state index contributed by atoms with van der Waals surface area (Å²) in [7, 11) is 0. The molecule has 0 spiro atoms. The number of carbonyl (C=O) groups excluding carboxylic acids is 1. The predicted molar refractivity (Wildman–Crippen MR) is 147 cm³/mol. The molecule has 0 unspecified atom stereocenters. The number of hydrogen-bond acceptors (Lipinski definition) is 8. The molecule has 1 aromatic carbocycles. The molecular formula is C28H36F2N8O2. The van der Waals surface area contributed by atoms with Crippen LogP contribution in [0.2, 0.25) is 0 Å². The summed E-state index contributed by atoms with van der Waals surface area (Å²) < 4.78 is 30.1. The molecule has 1 aliphatic heterocycles. The molecule has 6 rings (SSSR count). The van der Waals surface area contributed by atoms with Crippen molar-refractivity contribution in [2.75, 3.05) is 36.8 Å². The lowest BCUT2D eigenvalue weighted by molar-refractivity contribution is -0.137. The van der Waals surface area contributed by atoms with Gasteiger partial charge in [0.05, 0.1) is 18.0 Å². The highest BCUT2D eigenvalue weighted by Crippen LogP contribution is 2.38. The zero-order valence-corrected chi connectivity index (χ0v) is 22.5. The van der Waals surface area contributed by atoms with Gasteiger partial charge in [-0.2, -0.15) is 4.98 Å². The SMILES string of the molecule is O=C(C1CCC(n2c(Nc3ccc(F)cc3F)nc3cnc(NC4CCC(O)CC4)nc32)CC1)N1CCNCC1. The van der Waals surface area contributed by atoms with E-state index in [0.29, 0.717) is 23.1 Å². The van der Waals surface area contributed by atoms with Crippen molar-refractivity contribution in [2.45, 2.75) is 69.6 Å². The van der Waals surface area contributed by atoms with E-state index in [1.165, 1.54) is 12.1 Å². The minimum atomic E-state index is -0.711. The number of hydrogen-bond donors (Lipinski definition) is 4. The van der Waals surface area contributed by atoms with Gasteiger partial charge in [-0.05, 0) is 63.5 Å². The van der Waals surface area contributed by atoms with Crippen LogP contribution in [0.5, 0.6) is 0 Å². The summed E-state index contributed by atoms with van der Waals surface area (Å²) in [5.74, 6) is -0.253. The first-order valence-corrected chi connectivity index (χ1v) is 14.4. The van der Waals surface area contributed by atoms with Crippen molar-refractivity contribution >= 4 is 34.7 Å². The number of benzene rings is 1. The third-order valence-corrected chi connectivity index (χ3v) is 8.48. The summed E-state index contributed by atoms with van der Waals surface area (Å²) >= 11 is 0. The molecule has 4 N–H and O–H groups in total. The van der Waals surface area contributed by atoms with Crippen molar-refractivity contribution in [3.8, 4) is 0 Å². The van der Waals surface area contributed by atoms with Crippen LogP contribution in [0.15, 0.2) is 24.4 Å². The summed E-state index contributed by atoms with van der Waals surface area (Å²) in [4.78, 5) is 29.1. The van der Waals surface area contributed by atoms with E-state index in [9.17, 15) is 18.7 Å². The first-order valence-electron chi connectivity index (χ1n) is 14.4. The van der Waals surface area contributed by atoms with Gasteiger partial charge in [0.25, 0.3) is 0 Å². The average molecular weight is 555 g/mol. The maximum atomic E-state index is 14.6. The normalized spacial score (nSPS) is 25.6. The standard InChI is InChI=1S/C28H36F2N8O2/c29-18-3-10-23(22(30)15-18)34-28-35-24-16-32-27(33-19-4-8-21(39)9-5-19)36-25(24)38(28)20-6-1-17(2-7-20)26(40)37-13-11-31-12-14-37/h3,10,15-17,19-21,31,39H,1-2,4-9,11-14H2,(H,34,35)(H,32,33,36). The number of anilines is 3. The zero-order valence-electron chi connectivity index (χ0n) is 22.5. The van der Waals surface area contributed by atoms with E-state index in [4.69, 9.17) is 9.97 Å². The van der Waals surface area contributed by atoms with Crippen molar-refractivity contribution in [1.29, 1.82) is 0 Å². The number of halogens is 2. The smallest absolute Gasteiger partial charge is 0.225 e. The summed E-state index contributed by atoms with van der Waals surface area (Å²) in [6.07, 6.45) is 7.56. The van der Waals surface area contributed by atoms with Gasteiger partial charge in [0.15, 0.2) is 5.65 Å². The van der Waals surface area contributed by atoms with Gasteiger partial charge < -0.3 is 26.0 Å². The number of nitrogens with one attached hydrogen (secondary N) is 3. The first kappa shape index (κ1) is 26.8. The van der Waals surface area contributed by atoms with Gasteiger partial charge >= 0.3 is 0 Å². The molecule has 10 nitrogen and oxygen atoms in total. The number of aliphatic hydroxyl groups is 1. The maximum absolute atomic E-state index is 14.6. The zero-order chi connectivity index (χ0) is 27.6. The molecule has 3 fully saturated rings. The molecule has 3 aromatic rings. The molecule has 2 aromatic heterocycles. The molecule has 3 aliphatic rings. The third-order valence-electron chi connectivity index (χ3n) is 8.48. The Morgan fingerprint density at radius 2 is 1.75 bits per heavy atom. The molecule has 214 valence electrons. The number of nitrogens with zero attached hydrogens (tertiary/aromatic N) is 5. The summed E-state index contributed by atoms with van der Waals surface area (Å²) in [6, 6.07) is 3.57. The van der Waals surface area contributed by atoms with Crippen LogP contribution in [0.4, 0.5) is 26.4 Å². The monoisotopic (exact) mass is 554 g/mol. The van der Waals surface area contributed by atoms with E-state index in [-0.39, 0.29) is 35.7 Å². The quantitative estimate of drug-likeness (QED) is 0.364. The summed E-state index contributed by atoms with van der Waals surface area (Å²) in [6.45, 7) is 3.15. The van der Waals surface area contributed by atoms with E-state index in [2.05, 4.69) is 20.9 Å². The molecule has 2 aliphatic carbocycles. The molecule has 0 radical (unpaired) electrons. The number of carbonyl (C=O) groups is 1. The lowest BCUT2D eigenvalue weighted by atomic mass is 9.85. The van der Waals surface area contributed by atoms with Crippen LogP contribution in [0.25, 0.3) is 11.2 Å². The average Bonchev–Trinajstić information content (AvgIpc) is 3.33. The molecular weight excluding hydrogens is 518 g/mol. The number of aliphatic hydroxyl groups excluding tert-OH is 1. The van der Waals surface area contributed by atoms with Gasteiger partial charge in [0.1, 0.15) is 17.2 Å². The third kappa shape index (κ3) is 5.73. The molecule has 1 amide bonds. The van der Waals surface area contributed by atoms with E-state index < -0.39 is 11.6 Å². The molecule has 0 bridgehead atoms. The van der Waals surface area contributed by atoms with Crippen LogP contribution in [-0.2, 0) is 4.79 Å². The number of rotatable bonds is 6. The Bertz CT molecular complexity index is 1350. The minimum absolute atomic E-state index is 0.00402. The van der Waals surface area contributed by atoms with Crippen molar-refractivity contribution in [3.05, 3.63) is 36.0 Å². The van der Waals surface area contributed by atoms with Crippen LogP contribution in [0, 0.1) is 17.6 Å². The predicted octanol–water partition coefficient (Wildman–Crippen LogP) is 3.73. The molecule has 3 heterocycles. The second-order valence-electron chi connectivity index (χ2n) is 11.2. The minimum Gasteiger partial charge on any atom is -0.393 e. The van der Waals surface area contributed by atoms with Crippen LogP contribution in [0.3, 0.4) is 0 Å². The fourth-order valence-corrected chi connectivity index (χ4v) is 6.23. The summed E-state index contributed by atoms with van der Waals surface area (Å²) in [5, 5.41) is 19.6. The van der Waals surface area contributed by atoms with Crippen molar-refractivity contribution in [1.82, 2.24) is 29.7 Å². The topological polar surface area (TPSA) is 120 Å². The second-order valence-corrected chi connectivity index (χ2v) is 11.2. The van der Waals surface area contributed by atoms with Crippen LogP contribution >= 0.6 is 0 Å². The van der Waals surface area contributed by atoms with Gasteiger partial charge in [0.2, 0.25) is 17.8 Å². The van der Waals surface area contributed by atoms with Gasteiger partial charge in [-0.25, -0.2) is 18.7 Å². The molecule has 0 atom stereocenters. The van der Waals surface area contributed by atoms with E-state index >= 15 is 0 Å². The number of imidazole rings is 1. The Hall–Kier alpha value is -3.38. The lowest BCUT2D eigenvalue weighted by Crippen LogP contribution is -2.48. The number of piperazine rings is 1. The van der Waals surface area contributed by atoms with E-state index in [0.717, 1.165) is 83.6 Å². The Kier molecular flexibility index (Phi) is 7.79. The number of aromatic nitrogens is 4. The van der Waals surface area contributed by atoms with E-state index in [1.807, 2.05) is 9.47 Å². The van der Waals surface area contributed by atoms with Gasteiger partial charge in [0, 0.05) is 50.2 Å². The molecule has 1 saturated heterocycles. The maximum Gasteiger partial charge on any atom is 0.225 e. The lowest BCUT2D eigenvalue weighted by Gasteiger charge is -2.35. The Morgan fingerprint density at radius 3 is 2.48 bits per heavy atom. The Balaban J connectivity index is 1.27. The van der Waals surface area contributed by atoms with Gasteiger partial charge in [-0.15, -0.1) is 0 Å². The number of amides is 1. The molecule has 40 heavy (non-hydrogen) atoms. The summed E-state index contributed by atoms with van der Waals surface area (Å²) in [5.41, 5.74) is 1.30. The second kappa shape index (κ2) is 11.6. The van der Waals surface area contributed by atoms with E-state index in [1.54, 1.807) is 6.20 Å². The highest BCUT2D eigenvalue weighted by atomic mass is 19.1.